The summed E-state index contributed by atoms with van der Waals surface area (Å²) in [6.07, 6.45) is 2.32. The maximum Gasteiger partial charge on any atom is 0.231 e. The van der Waals surface area contributed by atoms with Gasteiger partial charge in [0.2, 0.25) is 6.79 Å². The number of hydrogen-bond donors (Lipinski definition) is 0. The van der Waals surface area contributed by atoms with Crippen LogP contribution < -0.4 is 9.47 Å². The van der Waals surface area contributed by atoms with Crippen LogP contribution in [0.2, 0.25) is 0 Å². The Kier molecular flexibility index (Phi) is 3.75. The first-order valence-corrected chi connectivity index (χ1v) is 8.06. The number of carbonyl (C=O) groups is 1. The summed E-state index contributed by atoms with van der Waals surface area (Å²) >= 11 is 3.49. The van der Waals surface area contributed by atoms with Gasteiger partial charge >= 0.3 is 0 Å². The van der Waals surface area contributed by atoms with Gasteiger partial charge in [-0.15, -0.1) is 23.5 Å². The van der Waals surface area contributed by atoms with Crippen LogP contribution in [0.3, 0.4) is 0 Å². The molecule has 1 atom stereocenters. The van der Waals surface area contributed by atoms with E-state index in [9.17, 15) is 4.79 Å². The Morgan fingerprint density at radius 3 is 3.05 bits per heavy atom. The van der Waals surface area contributed by atoms with Gasteiger partial charge in [0.05, 0.1) is 0 Å². The largest absolute Gasteiger partial charge is 0.454 e. The number of benzene rings is 1. The first-order chi connectivity index (χ1) is 9.26. The first kappa shape index (κ1) is 12.9. The minimum atomic E-state index is 0.182. The molecule has 100 valence electrons. The van der Waals surface area contributed by atoms with E-state index < -0.39 is 0 Å². The molecule has 0 spiro atoms. The molecule has 2 heterocycles. The van der Waals surface area contributed by atoms with E-state index >= 15 is 0 Å². The average Bonchev–Trinajstić information content (AvgIpc) is 2.85. The molecule has 0 N–H and O–H groups in total. The molecule has 1 aromatic rings. The molecule has 3 rings (SSSR count). The molecule has 0 saturated carbocycles. The number of fused-ring (bicyclic) bond motifs is 1. The third kappa shape index (κ3) is 2.77. The van der Waals surface area contributed by atoms with E-state index in [4.69, 9.17) is 9.47 Å². The molecule has 0 fully saturated rings. The Labute approximate surface area is 120 Å². The number of ketones is 1. The summed E-state index contributed by atoms with van der Waals surface area (Å²) in [5.41, 5.74) is 1.13. The Bertz CT molecular complexity index is 539. The zero-order valence-corrected chi connectivity index (χ0v) is 12.2. The van der Waals surface area contributed by atoms with Crippen molar-refractivity contribution in [2.24, 2.45) is 0 Å². The third-order valence-electron chi connectivity index (χ3n) is 2.98. The molecule has 0 amide bonds. The van der Waals surface area contributed by atoms with Gasteiger partial charge in [-0.1, -0.05) is 13.0 Å². The fourth-order valence-electron chi connectivity index (χ4n) is 2.11. The van der Waals surface area contributed by atoms with Crippen LogP contribution in [0.5, 0.6) is 11.5 Å². The summed E-state index contributed by atoms with van der Waals surface area (Å²) < 4.78 is 11.8. The van der Waals surface area contributed by atoms with Gasteiger partial charge in [0.15, 0.2) is 17.3 Å². The predicted molar refractivity (Wildman–Crippen MR) is 78.7 cm³/mol. The summed E-state index contributed by atoms with van der Waals surface area (Å²) in [6, 6.07) is 5.94. The molecule has 0 bridgehead atoms. The molecule has 1 aromatic carbocycles. The lowest BCUT2D eigenvalue weighted by atomic mass is 10.1. The van der Waals surface area contributed by atoms with Crippen molar-refractivity contribution in [1.82, 2.24) is 0 Å². The minimum absolute atomic E-state index is 0.182. The maximum atomic E-state index is 11.8. The van der Waals surface area contributed by atoms with Crippen LogP contribution >= 0.6 is 23.5 Å². The van der Waals surface area contributed by atoms with Crippen LogP contribution in [0.1, 0.15) is 24.2 Å². The quantitative estimate of drug-likeness (QED) is 0.848. The lowest BCUT2D eigenvalue weighted by Crippen LogP contribution is -2.07. The standard InChI is InChI=1S/C14H14O3S2/c1-2-18-14-7-10(15)6-13(19-14)9-3-4-11-12(5-9)17-8-16-11/h3-5,7,13H,2,6,8H2,1H3. The van der Waals surface area contributed by atoms with Crippen molar-refractivity contribution in [3.05, 3.63) is 34.1 Å². The van der Waals surface area contributed by atoms with Gasteiger partial charge in [0.25, 0.3) is 0 Å². The molecule has 0 radical (unpaired) electrons. The fraction of sp³-hybridized carbons (Fsp3) is 0.357. The van der Waals surface area contributed by atoms with E-state index in [1.165, 1.54) is 0 Å². The average molecular weight is 294 g/mol. The van der Waals surface area contributed by atoms with E-state index in [0.29, 0.717) is 6.42 Å². The maximum absolute atomic E-state index is 11.8. The summed E-state index contributed by atoms with van der Waals surface area (Å²) in [4.78, 5) is 11.8. The molecular weight excluding hydrogens is 280 g/mol. The zero-order chi connectivity index (χ0) is 13.2. The molecule has 19 heavy (non-hydrogen) atoms. The number of carbonyl (C=O) groups excluding carboxylic acids is 1. The first-order valence-electron chi connectivity index (χ1n) is 6.20. The van der Waals surface area contributed by atoms with Gasteiger partial charge in [-0.2, -0.15) is 0 Å². The monoisotopic (exact) mass is 294 g/mol. The number of allylic oxidation sites excluding steroid dienone is 1. The van der Waals surface area contributed by atoms with Crippen LogP contribution in [0.4, 0.5) is 0 Å². The molecule has 1 unspecified atom stereocenters. The summed E-state index contributed by atoms with van der Waals surface area (Å²) in [5.74, 6) is 2.76. The third-order valence-corrected chi connectivity index (χ3v) is 5.39. The Morgan fingerprint density at radius 1 is 1.37 bits per heavy atom. The second kappa shape index (κ2) is 5.51. The summed E-state index contributed by atoms with van der Waals surface area (Å²) in [5, 5.41) is 0.182. The van der Waals surface area contributed by atoms with Crippen molar-refractivity contribution in [2.45, 2.75) is 18.6 Å². The van der Waals surface area contributed by atoms with Crippen LogP contribution in [0, 0.1) is 0 Å². The van der Waals surface area contributed by atoms with Gasteiger partial charge in [-0.25, -0.2) is 0 Å². The second-order valence-corrected chi connectivity index (χ2v) is 7.09. The van der Waals surface area contributed by atoms with Crippen molar-refractivity contribution >= 4 is 29.3 Å². The summed E-state index contributed by atoms with van der Waals surface area (Å²) in [7, 11) is 0. The van der Waals surface area contributed by atoms with Gasteiger partial charge < -0.3 is 9.47 Å². The number of thioether (sulfide) groups is 2. The van der Waals surface area contributed by atoms with Crippen molar-refractivity contribution in [3.8, 4) is 11.5 Å². The molecule has 0 aromatic heterocycles. The highest BCUT2D eigenvalue weighted by atomic mass is 32.2. The highest BCUT2D eigenvalue weighted by Gasteiger charge is 2.25. The highest BCUT2D eigenvalue weighted by Crippen LogP contribution is 2.47. The lowest BCUT2D eigenvalue weighted by Gasteiger charge is -2.21. The van der Waals surface area contributed by atoms with Crippen molar-refractivity contribution < 1.29 is 14.3 Å². The van der Waals surface area contributed by atoms with Gasteiger partial charge in [-0.05, 0) is 23.4 Å². The van der Waals surface area contributed by atoms with Crippen LogP contribution in [0.15, 0.2) is 28.5 Å². The van der Waals surface area contributed by atoms with Crippen LogP contribution in [-0.2, 0) is 4.79 Å². The second-order valence-electron chi connectivity index (χ2n) is 4.29. The molecule has 5 heteroatoms. The van der Waals surface area contributed by atoms with Gasteiger partial charge in [-0.3, -0.25) is 4.79 Å². The lowest BCUT2D eigenvalue weighted by molar-refractivity contribution is -0.114. The van der Waals surface area contributed by atoms with E-state index in [0.717, 1.165) is 27.1 Å². The number of rotatable bonds is 3. The smallest absolute Gasteiger partial charge is 0.231 e. The Hall–Kier alpha value is -1.07. The summed E-state index contributed by atoms with van der Waals surface area (Å²) in [6.45, 7) is 2.38. The van der Waals surface area contributed by atoms with Gasteiger partial charge in [0.1, 0.15) is 0 Å². The molecule has 2 aliphatic heterocycles. The Balaban J connectivity index is 1.83. The molecule has 0 aliphatic carbocycles. The van der Waals surface area contributed by atoms with E-state index in [1.54, 1.807) is 29.6 Å². The highest BCUT2D eigenvalue weighted by molar-refractivity contribution is 8.22. The molecular formula is C14H14O3S2. The van der Waals surface area contributed by atoms with E-state index in [-0.39, 0.29) is 17.8 Å². The topological polar surface area (TPSA) is 35.5 Å². The SMILES string of the molecule is CCSC1=CC(=O)CC(c2ccc3c(c2)OCO3)S1. The van der Waals surface area contributed by atoms with Crippen LogP contribution in [-0.4, -0.2) is 18.3 Å². The van der Waals surface area contributed by atoms with Crippen molar-refractivity contribution in [1.29, 1.82) is 0 Å². The fourth-order valence-corrected chi connectivity index (χ4v) is 4.59. The Morgan fingerprint density at radius 2 is 2.21 bits per heavy atom. The number of hydrogen-bond acceptors (Lipinski definition) is 5. The van der Waals surface area contributed by atoms with Crippen molar-refractivity contribution in [3.63, 3.8) is 0 Å². The molecule has 2 aliphatic rings. The molecule has 3 nitrogen and oxygen atoms in total. The van der Waals surface area contributed by atoms with E-state index in [2.05, 4.69) is 6.92 Å². The van der Waals surface area contributed by atoms with Crippen molar-refractivity contribution in [2.75, 3.05) is 12.5 Å². The van der Waals surface area contributed by atoms with Crippen LogP contribution in [0.25, 0.3) is 0 Å². The molecule has 0 saturated heterocycles. The number of ether oxygens (including phenoxy) is 2. The normalized spacial score (nSPS) is 21.4. The zero-order valence-electron chi connectivity index (χ0n) is 10.5. The van der Waals surface area contributed by atoms with E-state index in [1.807, 2.05) is 18.2 Å². The predicted octanol–water partition coefficient (Wildman–Crippen LogP) is 3.76. The minimum Gasteiger partial charge on any atom is -0.454 e. The van der Waals surface area contributed by atoms with Gasteiger partial charge in [0, 0.05) is 22.0 Å².